The summed E-state index contributed by atoms with van der Waals surface area (Å²) in [5.41, 5.74) is 6.75. The zero-order chi connectivity index (χ0) is 18.3. The number of aromatic amines is 1. The molecule has 2 aliphatic carbocycles. The molecule has 1 aromatic carbocycles. The lowest BCUT2D eigenvalue weighted by molar-refractivity contribution is 0.0524. The van der Waals surface area contributed by atoms with Gasteiger partial charge in [-0.1, -0.05) is 18.5 Å². The van der Waals surface area contributed by atoms with E-state index in [1.165, 1.54) is 12.8 Å². The number of halogens is 1. The van der Waals surface area contributed by atoms with Crippen LogP contribution in [0.4, 0.5) is 0 Å². The van der Waals surface area contributed by atoms with Crippen LogP contribution in [-0.4, -0.2) is 17.1 Å². The lowest BCUT2D eigenvalue weighted by atomic mass is 9.65. The fourth-order valence-corrected chi connectivity index (χ4v) is 4.83. The van der Waals surface area contributed by atoms with Crippen LogP contribution in [0.5, 0.6) is 5.75 Å². The van der Waals surface area contributed by atoms with Crippen molar-refractivity contribution in [3.05, 3.63) is 39.8 Å². The van der Waals surface area contributed by atoms with E-state index in [1.54, 1.807) is 12.3 Å². The van der Waals surface area contributed by atoms with Crippen molar-refractivity contribution in [2.75, 3.05) is 0 Å². The molecule has 0 unspecified atom stereocenters. The van der Waals surface area contributed by atoms with E-state index in [2.05, 4.69) is 11.9 Å². The molecule has 0 aliphatic heterocycles. The van der Waals surface area contributed by atoms with E-state index in [9.17, 15) is 4.79 Å². The van der Waals surface area contributed by atoms with Crippen molar-refractivity contribution in [1.82, 2.24) is 4.98 Å². The number of ether oxygens (including phenoxy) is 1. The molecular formula is C21H27ClN2O2. The molecule has 1 atom stereocenters. The van der Waals surface area contributed by atoms with Crippen molar-refractivity contribution in [1.29, 1.82) is 0 Å². The van der Waals surface area contributed by atoms with Gasteiger partial charge in [0.25, 0.3) is 5.56 Å². The maximum Gasteiger partial charge on any atom is 0.255 e. The molecule has 4 rings (SSSR count). The van der Waals surface area contributed by atoms with Gasteiger partial charge in [-0.3, -0.25) is 4.79 Å². The molecule has 0 amide bonds. The summed E-state index contributed by atoms with van der Waals surface area (Å²) in [6, 6.07) is 5.79. The molecule has 4 nitrogen and oxygen atoms in total. The van der Waals surface area contributed by atoms with Crippen LogP contribution in [0.2, 0.25) is 5.02 Å². The van der Waals surface area contributed by atoms with Gasteiger partial charge < -0.3 is 15.5 Å². The summed E-state index contributed by atoms with van der Waals surface area (Å²) < 4.78 is 6.24. The zero-order valence-corrected chi connectivity index (χ0v) is 16.0. The van der Waals surface area contributed by atoms with Gasteiger partial charge in [0.05, 0.1) is 11.1 Å². The number of aromatic nitrogens is 1. The van der Waals surface area contributed by atoms with E-state index in [4.69, 9.17) is 22.1 Å². The average molecular weight is 375 g/mol. The highest BCUT2D eigenvalue weighted by Crippen LogP contribution is 2.49. The van der Waals surface area contributed by atoms with Gasteiger partial charge in [-0.25, -0.2) is 0 Å². The Bertz CT molecular complexity index is 851. The quantitative estimate of drug-likeness (QED) is 0.801. The van der Waals surface area contributed by atoms with E-state index in [0.717, 1.165) is 43.4 Å². The van der Waals surface area contributed by atoms with Crippen molar-refractivity contribution in [3.8, 4) is 5.75 Å². The first-order valence-corrected chi connectivity index (χ1v) is 10.1. The summed E-state index contributed by atoms with van der Waals surface area (Å²) in [6.07, 6.45) is 9.83. The van der Waals surface area contributed by atoms with E-state index >= 15 is 0 Å². The minimum Gasteiger partial charge on any atom is -0.489 e. The normalized spacial score (nSPS) is 27.4. The first kappa shape index (κ1) is 17.9. The summed E-state index contributed by atoms with van der Waals surface area (Å²) in [6.45, 7) is 2.28. The number of fused-ring (bicyclic) bond motifs is 1. The molecule has 5 heteroatoms. The summed E-state index contributed by atoms with van der Waals surface area (Å²) >= 11 is 6.38. The maximum absolute atomic E-state index is 11.9. The van der Waals surface area contributed by atoms with Crippen LogP contribution >= 0.6 is 11.6 Å². The number of nitrogens with two attached hydrogens (primary N) is 1. The van der Waals surface area contributed by atoms with Crippen LogP contribution in [0.15, 0.2) is 29.2 Å². The summed E-state index contributed by atoms with van der Waals surface area (Å²) in [5.74, 6) is 1.41. The zero-order valence-electron chi connectivity index (χ0n) is 15.3. The molecule has 3 N–H and O–H groups in total. The van der Waals surface area contributed by atoms with Gasteiger partial charge in [-0.05, 0) is 79.9 Å². The molecule has 0 saturated heterocycles. The number of pyridine rings is 1. The van der Waals surface area contributed by atoms with Crippen LogP contribution < -0.4 is 16.0 Å². The second kappa shape index (κ2) is 6.90. The second-order valence-corrected chi connectivity index (χ2v) is 8.48. The van der Waals surface area contributed by atoms with E-state index in [0.29, 0.717) is 22.2 Å². The van der Waals surface area contributed by atoms with Crippen LogP contribution in [0, 0.1) is 11.3 Å². The van der Waals surface area contributed by atoms with Crippen LogP contribution in [0.1, 0.15) is 51.9 Å². The smallest absolute Gasteiger partial charge is 0.255 e. The Morgan fingerprint density at radius 1 is 1.31 bits per heavy atom. The number of H-pyrrole nitrogens is 1. The Hall–Kier alpha value is -1.52. The van der Waals surface area contributed by atoms with Gasteiger partial charge in [0.2, 0.25) is 0 Å². The summed E-state index contributed by atoms with van der Waals surface area (Å²) in [5, 5.41) is 1.94. The van der Waals surface area contributed by atoms with E-state index in [-0.39, 0.29) is 17.1 Å². The molecule has 1 aromatic heterocycles. The molecule has 0 radical (unpaired) electrons. The Labute approximate surface area is 159 Å². The molecule has 2 fully saturated rings. The minimum absolute atomic E-state index is 0.129. The highest BCUT2D eigenvalue weighted by Gasteiger charge is 2.45. The molecule has 0 spiro atoms. The van der Waals surface area contributed by atoms with Gasteiger partial charge in [0.15, 0.2) is 0 Å². The van der Waals surface area contributed by atoms with Gasteiger partial charge in [0, 0.05) is 17.6 Å². The summed E-state index contributed by atoms with van der Waals surface area (Å²) in [4.78, 5) is 14.6. The second-order valence-electron chi connectivity index (χ2n) is 8.07. The molecule has 2 saturated carbocycles. The number of hydrogen-bond acceptors (Lipinski definition) is 3. The standard InChI is InChI=1S/C21H27ClN2O2/c1-2-21(19(23)13-3-4-13)8-5-15(6-9-21)26-18-11-14-7-10-24-20(25)16(14)12-17(18)22/h7,10-13,15,19H,2-6,8-9,23H2,1H3,(H,24,25)/t15?,19-,21?/m1/s1. The Morgan fingerprint density at radius 3 is 2.69 bits per heavy atom. The lowest BCUT2D eigenvalue weighted by Gasteiger charge is -2.44. The molecule has 2 aliphatic rings. The molecule has 140 valence electrons. The predicted molar refractivity (Wildman–Crippen MR) is 106 cm³/mol. The largest absolute Gasteiger partial charge is 0.489 e. The third kappa shape index (κ3) is 3.25. The van der Waals surface area contributed by atoms with E-state index < -0.39 is 0 Å². The van der Waals surface area contributed by atoms with E-state index in [1.807, 2.05) is 12.1 Å². The van der Waals surface area contributed by atoms with Crippen LogP contribution in [0.25, 0.3) is 10.8 Å². The monoisotopic (exact) mass is 374 g/mol. The topological polar surface area (TPSA) is 68.1 Å². The van der Waals surface area contributed by atoms with Crippen molar-refractivity contribution < 1.29 is 4.74 Å². The third-order valence-electron chi connectivity index (χ3n) is 6.59. The Kier molecular flexibility index (Phi) is 4.74. The number of rotatable bonds is 5. The lowest BCUT2D eigenvalue weighted by Crippen LogP contribution is -2.46. The predicted octanol–water partition coefficient (Wildman–Crippen LogP) is 4.64. The fraction of sp³-hybridized carbons (Fsp3) is 0.571. The van der Waals surface area contributed by atoms with Gasteiger partial charge >= 0.3 is 0 Å². The first-order chi connectivity index (χ1) is 12.5. The third-order valence-corrected chi connectivity index (χ3v) is 6.88. The number of hydrogen-bond donors (Lipinski definition) is 2. The van der Waals surface area contributed by atoms with Crippen molar-refractivity contribution >= 4 is 22.4 Å². The summed E-state index contributed by atoms with van der Waals surface area (Å²) in [7, 11) is 0. The van der Waals surface area contributed by atoms with Crippen molar-refractivity contribution in [2.45, 2.75) is 64.0 Å². The number of nitrogens with one attached hydrogen (secondary N) is 1. The molecule has 2 aromatic rings. The highest BCUT2D eigenvalue weighted by atomic mass is 35.5. The average Bonchev–Trinajstić information content (AvgIpc) is 3.49. The molecule has 26 heavy (non-hydrogen) atoms. The molecular weight excluding hydrogens is 348 g/mol. The van der Waals surface area contributed by atoms with Gasteiger partial charge in [-0.15, -0.1) is 0 Å². The van der Waals surface area contributed by atoms with Gasteiger partial charge in [0.1, 0.15) is 5.75 Å². The van der Waals surface area contributed by atoms with Crippen molar-refractivity contribution in [3.63, 3.8) is 0 Å². The molecule has 1 heterocycles. The number of benzene rings is 1. The minimum atomic E-state index is -0.129. The van der Waals surface area contributed by atoms with Crippen molar-refractivity contribution in [2.24, 2.45) is 17.1 Å². The Morgan fingerprint density at radius 2 is 2.04 bits per heavy atom. The van der Waals surface area contributed by atoms with Crippen LogP contribution in [0.3, 0.4) is 0 Å². The van der Waals surface area contributed by atoms with Gasteiger partial charge in [-0.2, -0.15) is 0 Å². The maximum atomic E-state index is 11.9. The SMILES string of the molecule is CCC1([C@H](N)C2CC2)CCC(Oc2cc3cc[nH]c(=O)c3cc2Cl)CC1. The van der Waals surface area contributed by atoms with Crippen LogP contribution in [-0.2, 0) is 0 Å². The Balaban J connectivity index is 1.48. The molecule has 0 bridgehead atoms. The fourth-order valence-electron chi connectivity index (χ4n) is 4.62. The first-order valence-electron chi connectivity index (χ1n) is 9.75. The highest BCUT2D eigenvalue weighted by molar-refractivity contribution is 6.32.